The van der Waals surface area contributed by atoms with Crippen LogP contribution in [-0.4, -0.2) is 40.1 Å². The van der Waals surface area contributed by atoms with Crippen LogP contribution in [0.2, 0.25) is 0 Å². The molecule has 1 atom stereocenters. The molecule has 0 saturated carbocycles. The van der Waals surface area contributed by atoms with Crippen molar-refractivity contribution in [2.75, 3.05) is 24.5 Å². The predicted octanol–water partition coefficient (Wildman–Crippen LogP) is 3.32. The number of fused-ring (bicyclic) bond motifs is 1. The Hall–Kier alpha value is -3.94. The third-order valence-corrected chi connectivity index (χ3v) is 6.49. The molecule has 4 heterocycles. The molecule has 3 aromatic heterocycles. The van der Waals surface area contributed by atoms with E-state index in [-0.39, 0.29) is 17.4 Å². The second-order valence-corrected chi connectivity index (χ2v) is 9.06. The summed E-state index contributed by atoms with van der Waals surface area (Å²) in [6.45, 7) is 4.12. The molecule has 1 saturated heterocycles. The van der Waals surface area contributed by atoms with Gasteiger partial charge in [-0.15, -0.1) is 0 Å². The van der Waals surface area contributed by atoms with Gasteiger partial charge < -0.3 is 14.6 Å². The summed E-state index contributed by atoms with van der Waals surface area (Å²) < 4.78 is 7.02. The van der Waals surface area contributed by atoms with Crippen LogP contribution in [-0.2, 0) is 17.8 Å². The van der Waals surface area contributed by atoms with Gasteiger partial charge in [0.1, 0.15) is 11.3 Å². The fraction of sp³-hybridized carbons (Fsp3) is 0.333. The molecule has 180 valence electrons. The third-order valence-electron chi connectivity index (χ3n) is 6.49. The van der Waals surface area contributed by atoms with Crippen molar-refractivity contribution in [3.8, 4) is 0 Å². The van der Waals surface area contributed by atoms with Gasteiger partial charge in [0.25, 0.3) is 5.56 Å². The smallest absolute Gasteiger partial charge is 0.295 e. The Morgan fingerprint density at radius 1 is 1.17 bits per heavy atom. The molecule has 35 heavy (non-hydrogen) atoms. The summed E-state index contributed by atoms with van der Waals surface area (Å²) in [4.78, 5) is 37.6. The van der Waals surface area contributed by atoms with E-state index in [1.165, 1.54) is 5.56 Å². The van der Waals surface area contributed by atoms with E-state index in [1.807, 2.05) is 60.4 Å². The van der Waals surface area contributed by atoms with E-state index in [0.717, 1.165) is 24.2 Å². The number of anilines is 1. The van der Waals surface area contributed by atoms with Crippen LogP contribution in [0.5, 0.6) is 0 Å². The van der Waals surface area contributed by atoms with Crippen molar-refractivity contribution in [1.82, 2.24) is 19.9 Å². The Kier molecular flexibility index (Phi) is 6.61. The van der Waals surface area contributed by atoms with E-state index in [9.17, 15) is 9.59 Å². The molecule has 0 spiro atoms. The number of aryl methyl sites for hydroxylation is 1. The van der Waals surface area contributed by atoms with Gasteiger partial charge in [-0.1, -0.05) is 29.8 Å². The molecule has 1 aromatic carbocycles. The Morgan fingerprint density at radius 3 is 2.83 bits per heavy atom. The number of piperidine rings is 1. The Balaban J connectivity index is 1.37. The lowest BCUT2D eigenvalue weighted by atomic mass is 9.97. The standard InChI is InChI=1S/C27H29N5O3/c1-19-8-10-20(11-9-19)17-32-24-23(7-2-13-28-24)30-25(27(32)34)31-15-3-5-21(18-31)26(33)29-14-12-22-6-4-16-35-22/h2,4,6-11,13,16,21H,3,5,12,14-15,17-18H2,1H3,(H,29,33)/t21-/m0/s1. The van der Waals surface area contributed by atoms with Crippen molar-refractivity contribution in [2.45, 2.75) is 32.7 Å². The van der Waals surface area contributed by atoms with Crippen LogP contribution in [0.4, 0.5) is 5.82 Å². The highest BCUT2D eigenvalue weighted by atomic mass is 16.3. The van der Waals surface area contributed by atoms with Gasteiger partial charge in [-0.05, 0) is 49.6 Å². The topological polar surface area (TPSA) is 93.3 Å². The van der Waals surface area contributed by atoms with Crippen molar-refractivity contribution in [3.63, 3.8) is 0 Å². The van der Waals surface area contributed by atoms with Crippen LogP contribution in [0, 0.1) is 12.8 Å². The molecule has 5 rings (SSSR count). The molecule has 1 aliphatic rings. The first-order valence-corrected chi connectivity index (χ1v) is 12.0. The number of furan rings is 1. The van der Waals surface area contributed by atoms with Crippen LogP contribution in [0.25, 0.3) is 11.2 Å². The zero-order chi connectivity index (χ0) is 24.2. The quantitative estimate of drug-likeness (QED) is 0.445. The van der Waals surface area contributed by atoms with E-state index >= 15 is 0 Å². The lowest BCUT2D eigenvalue weighted by Gasteiger charge is -2.32. The number of nitrogens with zero attached hydrogens (tertiary/aromatic N) is 4. The summed E-state index contributed by atoms with van der Waals surface area (Å²) in [5.74, 6) is 1.03. The fourth-order valence-corrected chi connectivity index (χ4v) is 4.58. The van der Waals surface area contributed by atoms with E-state index in [1.54, 1.807) is 17.0 Å². The minimum absolute atomic E-state index is 0.00342. The number of carbonyl (C=O) groups is 1. The first-order valence-electron chi connectivity index (χ1n) is 12.0. The highest BCUT2D eigenvalue weighted by Gasteiger charge is 2.28. The molecule has 0 aliphatic carbocycles. The summed E-state index contributed by atoms with van der Waals surface area (Å²) in [6.07, 6.45) is 5.57. The van der Waals surface area contributed by atoms with Crippen LogP contribution >= 0.6 is 0 Å². The predicted molar refractivity (Wildman–Crippen MR) is 134 cm³/mol. The third kappa shape index (κ3) is 5.11. The first-order chi connectivity index (χ1) is 17.1. The summed E-state index contributed by atoms with van der Waals surface area (Å²) >= 11 is 0. The van der Waals surface area contributed by atoms with Crippen molar-refractivity contribution < 1.29 is 9.21 Å². The van der Waals surface area contributed by atoms with Gasteiger partial charge in [0, 0.05) is 32.3 Å². The van der Waals surface area contributed by atoms with Gasteiger partial charge in [-0.25, -0.2) is 9.97 Å². The molecular weight excluding hydrogens is 442 g/mol. The molecular formula is C27H29N5O3. The number of hydrogen-bond donors (Lipinski definition) is 1. The Labute approximate surface area is 203 Å². The van der Waals surface area contributed by atoms with Gasteiger partial charge >= 0.3 is 0 Å². The highest BCUT2D eigenvalue weighted by molar-refractivity contribution is 5.79. The molecule has 4 aromatic rings. The van der Waals surface area contributed by atoms with E-state index in [0.29, 0.717) is 49.6 Å². The van der Waals surface area contributed by atoms with Gasteiger partial charge in [-0.2, -0.15) is 0 Å². The average molecular weight is 472 g/mol. The molecule has 8 nitrogen and oxygen atoms in total. The summed E-state index contributed by atoms with van der Waals surface area (Å²) in [6, 6.07) is 15.6. The van der Waals surface area contributed by atoms with Crippen LogP contribution in [0.3, 0.4) is 0 Å². The molecule has 1 aliphatic heterocycles. The lowest BCUT2D eigenvalue weighted by Crippen LogP contribution is -2.46. The number of amides is 1. The second-order valence-electron chi connectivity index (χ2n) is 9.06. The van der Waals surface area contributed by atoms with Crippen LogP contribution in [0.15, 0.2) is 70.2 Å². The van der Waals surface area contributed by atoms with Gasteiger partial charge in [0.2, 0.25) is 5.91 Å². The van der Waals surface area contributed by atoms with E-state index in [2.05, 4.69) is 10.3 Å². The second kappa shape index (κ2) is 10.1. The van der Waals surface area contributed by atoms with Crippen molar-refractivity contribution in [3.05, 3.63) is 88.2 Å². The Morgan fingerprint density at radius 2 is 2.03 bits per heavy atom. The number of hydrogen-bond acceptors (Lipinski definition) is 6. The number of carbonyl (C=O) groups excluding carboxylic acids is 1. The SMILES string of the molecule is Cc1ccc(Cn2c(=O)c(N3CCC[C@H](C(=O)NCCc4ccco4)C3)nc3cccnc32)cc1. The van der Waals surface area contributed by atoms with Crippen LogP contribution < -0.4 is 15.8 Å². The summed E-state index contributed by atoms with van der Waals surface area (Å²) in [7, 11) is 0. The molecule has 1 fully saturated rings. The highest BCUT2D eigenvalue weighted by Crippen LogP contribution is 2.22. The first kappa shape index (κ1) is 22.8. The van der Waals surface area contributed by atoms with Crippen molar-refractivity contribution in [1.29, 1.82) is 0 Å². The van der Waals surface area contributed by atoms with Gasteiger partial charge in [0.15, 0.2) is 11.5 Å². The minimum atomic E-state index is -0.198. The van der Waals surface area contributed by atoms with E-state index < -0.39 is 0 Å². The number of rotatable bonds is 7. The minimum Gasteiger partial charge on any atom is -0.469 e. The summed E-state index contributed by atoms with van der Waals surface area (Å²) in [5.41, 5.74) is 3.23. The maximum atomic E-state index is 13.6. The monoisotopic (exact) mass is 471 g/mol. The van der Waals surface area contributed by atoms with Crippen molar-refractivity contribution >= 4 is 22.9 Å². The zero-order valence-electron chi connectivity index (χ0n) is 19.8. The molecule has 1 N–H and O–H groups in total. The molecule has 0 radical (unpaired) electrons. The normalized spacial score (nSPS) is 15.9. The number of aromatic nitrogens is 3. The van der Waals surface area contributed by atoms with Gasteiger partial charge in [-0.3, -0.25) is 14.2 Å². The van der Waals surface area contributed by atoms with Gasteiger partial charge in [0.05, 0.1) is 18.7 Å². The number of benzene rings is 1. The fourth-order valence-electron chi connectivity index (χ4n) is 4.58. The zero-order valence-corrected chi connectivity index (χ0v) is 19.8. The van der Waals surface area contributed by atoms with E-state index in [4.69, 9.17) is 9.40 Å². The number of nitrogens with one attached hydrogen (secondary N) is 1. The lowest BCUT2D eigenvalue weighted by molar-refractivity contribution is -0.125. The Bertz CT molecular complexity index is 1360. The molecule has 0 bridgehead atoms. The van der Waals surface area contributed by atoms with Crippen LogP contribution in [0.1, 0.15) is 29.7 Å². The number of pyridine rings is 1. The van der Waals surface area contributed by atoms with Crippen molar-refractivity contribution in [2.24, 2.45) is 5.92 Å². The molecule has 0 unspecified atom stereocenters. The summed E-state index contributed by atoms with van der Waals surface area (Å²) in [5, 5.41) is 3.02. The average Bonchev–Trinajstić information content (AvgIpc) is 3.40. The maximum absolute atomic E-state index is 13.6. The molecule has 1 amide bonds. The maximum Gasteiger partial charge on any atom is 0.295 e. The largest absolute Gasteiger partial charge is 0.469 e. The molecule has 8 heteroatoms.